The number of benzene rings is 4. The van der Waals surface area contributed by atoms with E-state index in [2.05, 4.69) is 25.6 Å². The summed E-state index contributed by atoms with van der Waals surface area (Å²) in [6.07, 6.45) is 1.75. The van der Waals surface area contributed by atoms with Crippen LogP contribution < -0.4 is 10.6 Å². The summed E-state index contributed by atoms with van der Waals surface area (Å²) in [6, 6.07) is 32.2. The molecule has 4 N–H and O–H groups in total. The molecule has 0 radical (unpaired) electrons. The quantitative estimate of drug-likeness (QED) is 0.0708. The number of H-pyrrole nitrogens is 2. The first-order valence-corrected chi connectivity index (χ1v) is 20.4. The Kier molecular flexibility index (Phi) is 14.9. The number of halogens is 1. The van der Waals surface area contributed by atoms with Crippen LogP contribution in [0.15, 0.2) is 115 Å². The van der Waals surface area contributed by atoms with Crippen molar-refractivity contribution in [2.24, 2.45) is 0 Å². The summed E-state index contributed by atoms with van der Waals surface area (Å²) in [5, 5.41) is 5.70. The normalized spacial score (nSPS) is 11.9. The largest absolute Gasteiger partial charge is 0.453 e. The highest BCUT2D eigenvalue weighted by Gasteiger charge is 2.30. The van der Waals surface area contributed by atoms with E-state index in [0.29, 0.717) is 59.6 Å². The van der Waals surface area contributed by atoms with Crippen LogP contribution in [0.1, 0.15) is 61.5 Å². The summed E-state index contributed by atoms with van der Waals surface area (Å²) in [5.74, 6) is 0.545. The molecule has 61 heavy (non-hydrogen) atoms. The molecule has 14 nitrogen and oxygen atoms in total. The lowest BCUT2D eigenvalue weighted by atomic mass is 10.0. The third-order valence-electron chi connectivity index (χ3n) is 9.97. The van der Waals surface area contributed by atoms with Gasteiger partial charge < -0.3 is 39.9 Å². The Morgan fingerprint density at radius 3 is 1.52 bits per heavy atom. The van der Waals surface area contributed by atoms with Crippen LogP contribution in [-0.4, -0.2) is 81.0 Å². The Bertz CT molecular complexity index is 2390. The van der Waals surface area contributed by atoms with Crippen LogP contribution in [-0.2, 0) is 32.2 Å². The lowest BCUT2D eigenvalue weighted by Crippen LogP contribution is -2.43. The van der Waals surface area contributed by atoms with Crippen LogP contribution in [0.25, 0.3) is 33.6 Å². The number of carbonyl (C=O) groups is 4. The maximum absolute atomic E-state index is 13.9. The summed E-state index contributed by atoms with van der Waals surface area (Å²) in [4.78, 5) is 71.2. The lowest BCUT2D eigenvalue weighted by Gasteiger charge is -2.27. The van der Waals surface area contributed by atoms with Crippen molar-refractivity contribution < 1.29 is 28.7 Å². The zero-order valence-electron chi connectivity index (χ0n) is 34.5. The second-order valence-electron chi connectivity index (χ2n) is 14.2. The minimum atomic E-state index is -0.944. The van der Waals surface area contributed by atoms with Gasteiger partial charge in [-0.15, -0.1) is 0 Å². The number of amides is 4. The van der Waals surface area contributed by atoms with Crippen molar-refractivity contribution >= 4 is 35.6 Å². The lowest BCUT2D eigenvalue weighted by molar-refractivity contribution is -0.135. The number of nitrogens with one attached hydrogen (secondary N) is 4. The Morgan fingerprint density at radius 2 is 1.07 bits per heavy atom. The molecule has 2 heterocycles. The highest BCUT2D eigenvalue weighted by atomic mass is 35.5. The molecular formula is C46H49ClN8O6. The van der Waals surface area contributed by atoms with Gasteiger partial charge in [0.05, 0.1) is 39.2 Å². The predicted molar refractivity (Wildman–Crippen MR) is 233 cm³/mol. The Balaban J connectivity index is 1.12. The van der Waals surface area contributed by atoms with Crippen LogP contribution in [0.2, 0.25) is 5.15 Å². The maximum Gasteiger partial charge on any atom is 0.407 e. The molecule has 0 fully saturated rings. The van der Waals surface area contributed by atoms with Gasteiger partial charge in [0, 0.05) is 18.7 Å². The van der Waals surface area contributed by atoms with Crippen molar-refractivity contribution in [1.82, 2.24) is 40.4 Å². The smallest absolute Gasteiger partial charge is 0.407 e. The molecule has 15 heteroatoms. The van der Waals surface area contributed by atoms with Gasteiger partial charge in [-0.25, -0.2) is 19.6 Å². The molecule has 0 aliphatic rings. The highest BCUT2D eigenvalue weighted by molar-refractivity contribution is 6.31. The molecule has 4 amide bonds. The first kappa shape index (κ1) is 43.6. The molecule has 0 aliphatic heterocycles. The third kappa shape index (κ3) is 11.0. The van der Waals surface area contributed by atoms with E-state index in [-0.39, 0.29) is 24.9 Å². The first-order chi connectivity index (χ1) is 29.6. The summed E-state index contributed by atoms with van der Waals surface area (Å²) in [5.41, 5.74) is 6.34. The Hall–Kier alpha value is -6.93. The van der Waals surface area contributed by atoms with E-state index < -0.39 is 24.3 Å². The fourth-order valence-corrected chi connectivity index (χ4v) is 7.20. The number of ether oxygens (including phenoxy) is 2. The number of hydrogen-bond donors (Lipinski definition) is 4. The Morgan fingerprint density at radius 1 is 0.623 bits per heavy atom. The zero-order valence-corrected chi connectivity index (χ0v) is 35.2. The first-order valence-electron chi connectivity index (χ1n) is 20.0. The van der Waals surface area contributed by atoms with E-state index >= 15 is 0 Å². The average molecular weight is 845 g/mol. The summed E-state index contributed by atoms with van der Waals surface area (Å²) in [6.45, 7) is 5.23. The fraction of sp³-hybridized carbons (Fsp3) is 0.261. The molecule has 2 atom stereocenters. The molecule has 0 bridgehead atoms. The number of alkyl carbamates (subject to hydrolysis) is 2. The fourth-order valence-electron chi connectivity index (χ4n) is 6.94. The monoisotopic (exact) mass is 844 g/mol. The molecule has 0 aliphatic carbocycles. The van der Waals surface area contributed by atoms with Gasteiger partial charge in [0.15, 0.2) is 0 Å². The van der Waals surface area contributed by atoms with E-state index in [4.69, 9.17) is 26.1 Å². The van der Waals surface area contributed by atoms with Crippen LogP contribution in [0.5, 0.6) is 0 Å². The molecule has 6 aromatic rings. The van der Waals surface area contributed by atoms with Crippen molar-refractivity contribution in [2.75, 3.05) is 27.3 Å². The molecule has 316 valence electrons. The number of carbonyl (C=O) groups excluding carboxylic acids is 4. The predicted octanol–water partition coefficient (Wildman–Crippen LogP) is 8.46. The minimum absolute atomic E-state index is 0.152. The van der Waals surface area contributed by atoms with Gasteiger partial charge in [0.25, 0.3) is 0 Å². The van der Waals surface area contributed by atoms with Crippen LogP contribution >= 0.6 is 11.6 Å². The van der Waals surface area contributed by atoms with Gasteiger partial charge in [-0.1, -0.05) is 135 Å². The Labute approximate surface area is 359 Å². The number of rotatable bonds is 17. The molecule has 2 aromatic heterocycles. The second kappa shape index (κ2) is 20.9. The van der Waals surface area contributed by atoms with E-state index in [9.17, 15) is 19.2 Å². The molecule has 0 unspecified atom stereocenters. The SMILES string of the molecule is CCCN(Cc1ncc(-c2ccc(-c3ccc(-c4nc(CN(CCC)C(=O)[C@@H](NC(=O)OC)c5ccccc5)[nH]c4Cl)cc3)cc2)[nH]1)C(=O)[C@@H](NC(=O)OC)c1ccccc1. The molecule has 0 saturated carbocycles. The van der Waals surface area contributed by atoms with Crippen LogP contribution in [0, 0.1) is 0 Å². The molecule has 4 aromatic carbocycles. The number of imidazole rings is 2. The van der Waals surface area contributed by atoms with Gasteiger partial charge in [-0.2, -0.15) is 0 Å². The van der Waals surface area contributed by atoms with Gasteiger partial charge in [-0.05, 0) is 40.7 Å². The average Bonchev–Trinajstić information content (AvgIpc) is 3.92. The second-order valence-corrected chi connectivity index (χ2v) is 14.6. The van der Waals surface area contributed by atoms with Crippen LogP contribution in [0.4, 0.5) is 9.59 Å². The van der Waals surface area contributed by atoms with E-state index in [1.54, 1.807) is 40.3 Å². The maximum atomic E-state index is 13.9. The highest BCUT2D eigenvalue weighted by Crippen LogP contribution is 2.30. The van der Waals surface area contributed by atoms with E-state index in [1.165, 1.54) is 14.2 Å². The third-order valence-corrected chi connectivity index (χ3v) is 10.2. The van der Waals surface area contributed by atoms with Gasteiger partial charge in [0.1, 0.15) is 34.6 Å². The molecular weight excluding hydrogens is 796 g/mol. The minimum Gasteiger partial charge on any atom is -0.453 e. The van der Waals surface area contributed by atoms with E-state index in [1.807, 2.05) is 98.8 Å². The van der Waals surface area contributed by atoms with Crippen molar-refractivity contribution in [3.05, 3.63) is 143 Å². The number of hydrogen-bond acceptors (Lipinski definition) is 8. The molecule has 0 saturated heterocycles. The molecule has 0 spiro atoms. The van der Waals surface area contributed by atoms with Gasteiger partial charge in [-0.3, -0.25) is 9.59 Å². The van der Waals surface area contributed by atoms with Gasteiger partial charge >= 0.3 is 12.2 Å². The van der Waals surface area contributed by atoms with Crippen molar-refractivity contribution in [2.45, 2.75) is 51.9 Å². The number of methoxy groups -OCH3 is 2. The van der Waals surface area contributed by atoms with Crippen LogP contribution in [0.3, 0.4) is 0 Å². The van der Waals surface area contributed by atoms with Crippen molar-refractivity contribution in [3.63, 3.8) is 0 Å². The van der Waals surface area contributed by atoms with Crippen molar-refractivity contribution in [1.29, 1.82) is 0 Å². The van der Waals surface area contributed by atoms with E-state index in [0.717, 1.165) is 27.9 Å². The summed E-state index contributed by atoms with van der Waals surface area (Å²) in [7, 11) is 2.52. The summed E-state index contributed by atoms with van der Waals surface area (Å²) >= 11 is 6.68. The number of aromatic amines is 2. The summed E-state index contributed by atoms with van der Waals surface area (Å²) < 4.78 is 9.61. The van der Waals surface area contributed by atoms with Gasteiger partial charge in [0.2, 0.25) is 11.8 Å². The number of nitrogens with zero attached hydrogens (tertiary/aromatic N) is 4. The topological polar surface area (TPSA) is 175 Å². The zero-order chi connectivity index (χ0) is 43.3. The van der Waals surface area contributed by atoms with Crippen molar-refractivity contribution in [3.8, 4) is 33.6 Å². The number of aromatic nitrogens is 4. The standard InChI is InChI=1S/C46H49ClN8O6/c1-5-25-54(43(56)40(52-45(58)60-3)33-13-9-7-10-14-33)28-37-48-27-36(49-37)32-21-17-30(18-22-32)31-19-23-35(24-20-31)39-42(47)51-38(50-39)29-55(26-6-2)44(57)41(53-46(59)61-4)34-15-11-8-12-16-34/h7-24,27,40-41H,5-6,25-26,28-29H2,1-4H3,(H,48,49)(H,50,51)(H,52,58)(H,53,59)/t40-,41-/m0/s1. The molecule has 6 rings (SSSR count).